The number of unbranched alkanes of at least 4 members (excludes halogenated alkanes) is 9. The van der Waals surface area contributed by atoms with E-state index in [0.717, 1.165) is 30.6 Å². The van der Waals surface area contributed by atoms with Crippen molar-refractivity contribution in [2.24, 2.45) is 17.8 Å². The fourth-order valence-corrected chi connectivity index (χ4v) is 4.44. The summed E-state index contributed by atoms with van der Waals surface area (Å²) in [6.45, 7) is 11.9. The van der Waals surface area contributed by atoms with E-state index in [0.29, 0.717) is 0 Å². The molecule has 0 saturated heterocycles. The first-order valence-corrected chi connectivity index (χ1v) is 14.1. The minimum atomic E-state index is 0.853. The van der Waals surface area contributed by atoms with E-state index in [-0.39, 0.29) is 0 Å². The lowest BCUT2D eigenvalue weighted by molar-refractivity contribution is 0.398. The van der Waals surface area contributed by atoms with Crippen molar-refractivity contribution < 1.29 is 0 Å². The molecule has 0 nitrogen and oxygen atoms in total. The molecule has 0 aromatic heterocycles. The Morgan fingerprint density at radius 2 is 0.800 bits per heavy atom. The van der Waals surface area contributed by atoms with Gasteiger partial charge in [0.1, 0.15) is 0 Å². The Hall–Kier alpha value is -0.440. The largest absolute Gasteiger partial charge is 0.103 e. The normalized spacial score (nSPS) is 14.2. The maximum atomic E-state index is 3.37. The number of rotatable bonds is 21. The van der Waals surface area contributed by atoms with Gasteiger partial charge in [-0.3, -0.25) is 0 Å². The second-order valence-electron chi connectivity index (χ2n) is 10.4. The van der Waals surface area contributed by atoms with Crippen molar-refractivity contribution in [1.29, 1.82) is 0 Å². The highest BCUT2D eigenvalue weighted by atomic mass is 14.1. The molecule has 0 aromatic rings. The first-order valence-electron chi connectivity index (χ1n) is 14.1. The van der Waals surface area contributed by atoms with Gasteiger partial charge in [0.05, 0.1) is 0 Å². The molecule has 0 bridgehead atoms. The molecule has 0 fully saturated rings. The lowest BCUT2D eigenvalue weighted by Gasteiger charge is -2.14. The summed E-state index contributed by atoms with van der Waals surface area (Å²) in [5.74, 6) is 9.43. The molecule has 0 heterocycles. The maximum absolute atomic E-state index is 3.37. The number of hydrogen-bond donors (Lipinski definition) is 0. The van der Waals surface area contributed by atoms with Crippen LogP contribution in [-0.2, 0) is 0 Å². The molecule has 0 heteroatoms. The fraction of sp³-hybridized carbons (Fsp3) is 0.933. The molecule has 3 unspecified atom stereocenters. The highest BCUT2D eigenvalue weighted by molar-refractivity contribution is 4.98. The summed E-state index contributed by atoms with van der Waals surface area (Å²) in [6.07, 6.45) is 27.7. The van der Waals surface area contributed by atoms with Crippen molar-refractivity contribution in [2.45, 2.75) is 163 Å². The highest BCUT2D eigenvalue weighted by Gasteiger charge is 2.06. The van der Waals surface area contributed by atoms with Gasteiger partial charge in [0.25, 0.3) is 0 Å². The Kier molecular flexibility index (Phi) is 22.9. The molecule has 0 spiro atoms. The minimum absolute atomic E-state index is 0.853. The molecule has 0 aliphatic heterocycles. The summed E-state index contributed by atoms with van der Waals surface area (Å²) >= 11 is 0. The van der Waals surface area contributed by atoms with E-state index >= 15 is 0 Å². The van der Waals surface area contributed by atoms with Gasteiger partial charge in [-0.2, -0.15) is 0 Å². The van der Waals surface area contributed by atoms with Crippen molar-refractivity contribution >= 4 is 0 Å². The average Bonchev–Trinajstić information content (AvgIpc) is 2.73. The monoisotopic (exact) mass is 418 g/mol. The van der Waals surface area contributed by atoms with Gasteiger partial charge in [-0.05, 0) is 30.6 Å². The van der Waals surface area contributed by atoms with E-state index in [1.807, 2.05) is 0 Å². The van der Waals surface area contributed by atoms with E-state index in [1.54, 1.807) is 0 Å². The van der Waals surface area contributed by atoms with E-state index in [9.17, 15) is 0 Å². The molecule has 30 heavy (non-hydrogen) atoms. The van der Waals surface area contributed by atoms with Gasteiger partial charge >= 0.3 is 0 Å². The summed E-state index contributed by atoms with van der Waals surface area (Å²) in [7, 11) is 0. The molecule has 178 valence electrons. The molecule has 3 atom stereocenters. The molecule has 0 aliphatic rings. The van der Waals surface area contributed by atoms with Gasteiger partial charge in [0.15, 0.2) is 0 Å². The third kappa shape index (κ3) is 22.2. The molecule has 0 saturated carbocycles. The fourth-order valence-electron chi connectivity index (χ4n) is 4.44. The SMILES string of the molecule is CCCCC#CCCC(C)CCCC(C)CCCCCCCC(C)CCCCCC. The van der Waals surface area contributed by atoms with E-state index in [1.165, 1.54) is 116 Å². The predicted octanol–water partition coefficient (Wildman–Crippen LogP) is 10.7. The van der Waals surface area contributed by atoms with Crippen LogP contribution in [0.1, 0.15) is 163 Å². The maximum Gasteiger partial charge on any atom is 0.00912 e. The highest BCUT2D eigenvalue weighted by Crippen LogP contribution is 2.21. The Bertz CT molecular complexity index is 385. The predicted molar refractivity (Wildman–Crippen MR) is 139 cm³/mol. The van der Waals surface area contributed by atoms with Gasteiger partial charge in [-0.15, -0.1) is 11.8 Å². The Balaban J connectivity index is 3.42. The second-order valence-corrected chi connectivity index (χ2v) is 10.4. The van der Waals surface area contributed by atoms with Gasteiger partial charge in [-0.1, -0.05) is 137 Å². The minimum Gasteiger partial charge on any atom is -0.103 e. The van der Waals surface area contributed by atoms with Crippen LogP contribution in [0.25, 0.3) is 0 Å². The lowest BCUT2D eigenvalue weighted by Crippen LogP contribution is -1.99. The van der Waals surface area contributed by atoms with E-state index < -0.39 is 0 Å². The molecule has 0 amide bonds. The van der Waals surface area contributed by atoms with Crippen molar-refractivity contribution in [1.82, 2.24) is 0 Å². The van der Waals surface area contributed by atoms with Crippen LogP contribution in [0.4, 0.5) is 0 Å². The smallest absolute Gasteiger partial charge is 0.00912 e. The standard InChI is InChI=1S/C30H58/c1-6-8-10-12-14-18-24-29(4)26-21-27-30(5)25-20-16-13-15-19-23-28(3)22-17-11-9-7-2/h28-30H,6-11,13,15-27H2,1-5H3. The molecular formula is C30H58. The average molecular weight is 419 g/mol. The van der Waals surface area contributed by atoms with Crippen LogP contribution in [0.5, 0.6) is 0 Å². The third-order valence-electron chi connectivity index (χ3n) is 6.88. The Labute approximate surface area is 192 Å². The van der Waals surface area contributed by atoms with Crippen molar-refractivity contribution in [3.05, 3.63) is 0 Å². The topological polar surface area (TPSA) is 0 Å². The molecular weight excluding hydrogens is 360 g/mol. The van der Waals surface area contributed by atoms with Gasteiger partial charge < -0.3 is 0 Å². The van der Waals surface area contributed by atoms with Crippen molar-refractivity contribution in [3.63, 3.8) is 0 Å². The summed E-state index contributed by atoms with van der Waals surface area (Å²) < 4.78 is 0. The first kappa shape index (κ1) is 29.6. The van der Waals surface area contributed by atoms with Crippen LogP contribution >= 0.6 is 0 Å². The Morgan fingerprint density at radius 1 is 0.400 bits per heavy atom. The quantitative estimate of drug-likeness (QED) is 0.128. The van der Waals surface area contributed by atoms with Gasteiger partial charge in [-0.25, -0.2) is 0 Å². The first-order chi connectivity index (χ1) is 14.6. The van der Waals surface area contributed by atoms with Gasteiger partial charge in [0, 0.05) is 12.8 Å². The van der Waals surface area contributed by atoms with Crippen LogP contribution < -0.4 is 0 Å². The summed E-state index contributed by atoms with van der Waals surface area (Å²) in [6, 6.07) is 0. The summed E-state index contributed by atoms with van der Waals surface area (Å²) in [5, 5.41) is 0. The molecule has 0 aliphatic carbocycles. The van der Waals surface area contributed by atoms with Crippen LogP contribution in [0.3, 0.4) is 0 Å². The molecule has 0 N–H and O–H groups in total. The van der Waals surface area contributed by atoms with Crippen LogP contribution in [-0.4, -0.2) is 0 Å². The lowest BCUT2D eigenvalue weighted by atomic mass is 9.92. The van der Waals surface area contributed by atoms with Gasteiger partial charge in [0.2, 0.25) is 0 Å². The van der Waals surface area contributed by atoms with Crippen molar-refractivity contribution in [3.8, 4) is 11.8 Å². The molecule has 0 rings (SSSR count). The Morgan fingerprint density at radius 3 is 1.33 bits per heavy atom. The van der Waals surface area contributed by atoms with Crippen molar-refractivity contribution in [2.75, 3.05) is 0 Å². The van der Waals surface area contributed by atoms with Crippen LogP contribution in [0.15, 0.2) is 0 Å². The zero-order valence-corrected chi connectivity index (χ0v) is 21.9. The molecule has 0 radical (unpaired) electrons. The zero-order valence-electron chi connectivity index (χ0n) is 21.9. The number of hydrogen-bond acceptors (Lipinski definition) is 0. The summed E-state index contributed by atoms with van der Waals surface area (Å²) in [4.78, 5) is 0. The van der Waals surface area contributed by atoms with E-state index in [2.05, 4.69) is 46.5 Å². The van der Waals surface area contributed by atoms with Crippen LogP contribution in [0.2, 0.25) is 0 Å². The zero-order chi connectivity index (χ0) is 22.3. The second kappa shape index (κ2) is 23.2. The summed E-state index contributed by atoms with van der Waals surface area (Å²) in [5.41, 5.74) is 0. The van der Waals surface area contributed by atoms with E-state index in [4.69, 9.17) is 0 Å². The van der Waals surface area contributed by atoms with Crippen LogP contribution in [0, 0.1) is 29.6 Å². The molecule has 0 aromatic carbocycles. The third-order valence-corrected chi connectivity index (χ3v) is 6.88.